The van der Waals surface area contributed by atoms with Gasteiger partial charge in [0, 0.05) is 34.1 Å². The minimum Gasteiger partial charge on any atom is -0.507 e. The Hall–Kier alpha value is 0.844. The van der Waals surface area contributed by atoms with Crippen LogP contribution in [-0.4, -0.2) is 0 Å². The van der Waals surface area contributed by atoms with Gasteiger partial charge in [0.1, 0.15) is 0 Å². The van der Waals surface area contributed by atoms with Gasteiger partial charge < -0.3 is 13.5 Å². The van der Waals surface area contributed by atoms with Gasteiger partial charge in [0.15, 0.2) is 0 Å². The summed E-state index contributed by atoms with van der Waals surface area (Å²) in [7, 11) is 0. The van der Waals surface area contributed by atoms with Crippen LogP contribution in [0.25, 0.3) is 0 Å². The molecule has 0 spiro atoms. The molecule has 0 aliphatic carbocycles. The van der Waals surface area contributed by atoms with E-state index < -0.39 is 0 Å². The first-order chi connectivity index (χ1) is 1.91. The maximum absolute atomic E-state index is 6.22. The standard InChI is InChI=1S/C3H5.CH3.Y/c1-3-2;;/h1H2,2H3;1H3;/q2*-1;/i1T;;. The molecule has 29 valence electrons. The first kappa shape index (κ1) is 9.28. The third-order valence-corrected chi connectivity index (χ3v) is 0. The zero-order valence-corrected chi connectivity index (χ0v) is 6.49. The summed E-state index contributed by atoms with van der Waals surface area (Å²) in [6.07, 6.45) is 2.47. The van der Waals surface area contributed by atoms with Gasteiger partial charge in [-0.25, -0.2) is 0 Å². The second kappa shape index (κ2) is 21.1. The van der Waals surface area contributed by atoms with Gasteiger partial charge in [-0.1, -0.05) is 0 Å². The summed E-state index contributed by atoms with van der Waals surface area (Å²) in [5.74, 6) is 0. The average molecular weight is 147 g/mol. The Labute approximate surface area is 60.9 Å². The molecule has 0 saturated carbocycles. The first-order valence-corrected chi connectivity index (χ1v) is 0.789. The van der Waals surface area contributed by atoms with Gasteiger partial charge in [0.2, 0.25) is 0 Å². The van der Waals surface area contributed by atoms with Crippen molar-refractivity contribution in [2.45, 2.75) is 6.92 Å². The topological polar surface area (TPSA) is 0 Å². The molecular formula is C4H8Y-2. The van der Waals surface area contributed by atoms with Gasteiger partial charge >= 0.3 is 0 Å². The fourth-order valence-corrected chi connectivity index (χ4v) is 0. The van der Waals surface area contributed by atoms with Crippen LogP contribution < -0.4 is 0 Å². The zero-order chi connectivity index (χ0) is 3.41. The van der Waals surface area contributed by atoms with E-state index in [0.717, 1.165) is 6.55 Å². The van der Waals surface area contributed by atoms with E-state index in [0.29, 0.717) is 0 Å². The monoisotopic (exact) mass is 147 g/mol. The molecule has 0 aromatic rings. The Morgan fingerprint density at radius 2 is 2.20 bits per heavy atom. The average Bonchev–Trinajstić information content (AvgIpc) is 1.37. The summed E-state index contributed by atoms with van der Waals surface area (Å²) in [6, 6.07) is 0. The summed E-state index contributed by atoms with van der Waals surface area (Å²) >= 11 is 0. The molecule has 5 heavy (non-hydrogen) atoms. The van der Waals surface area contributed by atoms with Crippen molar-refractivity contribution in [3.05, 3.63) is 20.1 Å². The van der Waals surface area contributed by atoms with E-state index in [1.165, 1.54) is 0 Å². The van der Waals surface area contributed by atoms with Crippen LogP contribution >= 0.6 is 0 Å². The Morgan fingerprint density at radius 3 is 2.20 bits per heavy atom. The third-order valence-electron chi connectivity index (χ3n) is 0. The molecule has 0 aliphatic rings. The number of allylic oxidation sites excluding steroid dienone is 1. The summed E-state index contributed by atoms with van der Waals surface area (Å²) in [5.41, 5.74) is 0. The molecule has 0 bridgehead atoms. The van der Waals surface area contributed by atoms with E-state index in [4.69, 9.17) is 1.37 Å². The van der Waals surface area contributed by atoms with E-state index in [2.05, 4.69) is 6.08 Å². The molecular weight excluding hydrogens is 137 g/mol. The van der Waals surface area contributed by atoms with Gasteiger partial charge in [0.05, 0.1) is 0 Å². The van der Waals surface area contributed by atoms with Crippen molar-refractivity contribution in [1.82, 2.24) is 0 Å². The number of rotatable bonds is 0. The smallest absolute Gasteiger partial charge is 0.0127 e. The van der Waals surface area contributed by atoms with Crippen LogP contribution in [0.4, 0.5) is 0 Å². The number of hydrogen-bond acceptors (Lipinski definition) is 0. The minimum atomic E-state index is 0. The van der Waals surface area contributed by atoms with E-state index in [9.17, 15) is 0 Å². The molecule has 1 heteroatoms. The summed E-state index contributed by atoms with van der Waals surface area (Å²) < 4.78 is 6.22. The normalized spacial score (nSPS) is 7.80. The maximum Gasteiger partial charge on any atom is 0.0127 e. The Balaban J connectivity index is -0.0000000450. The molecule has 0 unspecified atom stereocenters. The van der Waals surface area contributed by atoms with Crippen LogP contribution in [-0.2, 0) is 32.7 Å². The van der Waals surface area contributed by atoms with Crippen molar-refractivity contribution in [3.63, 3.8) is 0 Å². The molecule has 0 aliphatic heterocycles. The van der Waals surface area contributed by atoms with Gasteiger partial charge in [-0.05, 0) is 0 Å². The fraction of sp³-hybridized carbons (Fsp3) is 0.250. The predicted molar refractivity (Wildman–Crippen MR) is 21.0 cm³/mol. The van der Waals surface area contributed by atoms with Crippen molar-refractivity contribution in [1.29, 1.82) is 0 Å². The zero-order valence-electron chi connectivity index (χ0n) is 4.65. The van der Waals surface area contributed by atoms with Crippen LogP contribution in [0, 0.1) is 13.5 Å². The van der Waals surface area contributed by atoms with Crippen LogP contribution in [0.2, 0.25) is 0 Å². The molecule has 0 N–H and O–H groups in total. The Morgan fingerprint density at radius 1 is 2.00 bits per heavy atom. The molecule has 0 aromatic carbocycles. The van der Waals surface area contributed by atoms with Gasteiger partial charge in [-0.3, -0.25) is 6.55 Å². The van der Waals surface area contributed by atoms with Crippen molar-refractivity contribution in [2.24, 2.45) is 0 Å². The summed E-state index contributed by atoms with van der Waals surface area (Å²) in [6.45, 7) is 2.81. The van der Waals surface area contributed by atoms with Crippen molar-refractivity contribution in [3.8, 4) is 0 Å². The van der Waals surface area contributed by atoms with Crippen LogP contribution in [0.5, 0.6) is 0 Å². The van der Waals surface area contributed by atoms with Crippen molar-refractivity contribution >= 4 is 0 Å². The molecule has 0 amide bonds. The van der Waals surface area contributed by atoms with Crippen LogP contribution in [0.15, 0.2) is 6.55 Å². The molecule has 0 nitrogen and oxygen atoms in total. The van der Waals surface area contributed by atoms with Gasteiger partial charge in [-0.15, -0.1) is 0 Å². The van der Waals surface area contributed by atoms with E-state index in [1.807, 2.05) is 0 Å². The second-order valence-electron chi connectivity index (χ2n) is 0.289. The van der Waals surface area contributed by atoms with E-state index in [1.54, 1.807) is 6.92 Å². The Kier molecular flexibility index (Phi) is 39.1. The van der Waals surface area contributed by atoms with Crippen molar-refractivity contribution in [2.75, 3.05) is 0 Å². The second-order valence-corrected chi connectivity index (χ2v) is 0.289. The van der Waals surface area contributed by atoms with E-state index in [-0.39, 0.29) is 40.1 Å². The van der Waals surface area contributed by atoms with E-state index >= 15 is 0 Å². The molecule has 0 fully saturated rings. The number of hydrogen-bond donors (Lipinski definition) is 0. The summed E-state index contributed by atoms with van der Waals surface area (Å²) in [5, 5.41) is 0. The van der Waals surface area contributed by atoms with Crippen molar-refractivity contribution < 1.29 is 34.1 Å². The minimum absolute atomic E-state index is 0. The molecule has 0 saturated heterocycles. The predicted octanol–water partition coefficient (Wildman–Crippen LogP) is 1.44. The molecule has 0 aromatic heterocycles. The SMILES string of the molecule is [3H]C=[C-]C.[CH3-].[Y]. The molecule has 0 heterocycles. The van der Waals surface area contributed by atoms with Gasteiger partial charge in [0.25, 0.3) is 0 Å². The van der Waals surface area contributed by atoms with Gasteiger partial charge in [-0.2, -0.15) is 6.92 Å². The fourth-order valence-electron chi connectivity index (χ4n) is 0. The largest absolute Gasteiger partial charge is 0.507 e. The first-order valence-electron chi connectivity index (χ1n) is 1.37. The third kappa shape index (κ3) is 55.0. The van der Waals surface area contributed by atoms with Crippen LogP contribution in [0.3, 0.4) is 0 Å². The summed E-state index contributed by atoms with van der Waals surface area (Å²) in [4.78, 5) is 0. The quantitative estimate of drug-likeness (QED) is 0.455. The molecule has 0 atom stereocenters. The maximum atomic E-state index is 6.22. The molecule has 1 radical (unpaired) electrons. The Bertz CT molecular complexity index is 22.7. The van der Waals surface area contributed by atoms with Crippen LogP contribution in [0.1, 0.15) is 8.29 Å². The molecule has 0 rings (SSSR count).